The van der Waals surface area contributed by atoms with Crippen LogP contribution in [0.15, 0.2) is 4.99 Å². The van der Waals surface area contributed by atoms with Crippen molar-refractivity contribution in [2.45, 2.75) is 57.2 Å². The number of aromatic nitrogens is 3. The molecule has 0 aromatic carbocycles. The summed E-state index contributed by atoms with van der Waals surface area (Å²) < 4.78 is 2.07. The molecule has 1 aromatic rings. The van der Waals surface area contributed by atoms with Gasteiger partial charge >= 0.3 is 0 Å². The highest BCUT2D eigenvalue weighted by atomic mass is 32.2. The molecule has 0 bridgehead atoms. The van der Waals surface area contributed by atoms with E-state index in [2.05, 4.69) is 63.2 Å². The topological polar surface area (TPSA) is 70.4 Å². The van der Waals surface area contributed by atoms with E-state index < -0.39 is 0 Å². The van der Waals surface area contributed by atoms with Crippen molar-refractivity contribution in [2.75, 3.05) is 39.2 Å². The molecule has 1 fully saturated rings. The van der Waals surface area contributed by atoms with E-state index in [4.69, 9.17) is 0 Å². The molecule has 0 saturated carbocycles. The molecule has 2 atom stereocenters. The fraction of sp³-hybridized carbons (Fsp3) is 0.833. The number of nitrogens with one attached hydrogen (secondary N) is 2. The highest BCUT2D eigenvalue weighted by Gasteiger charge is 2.36. The zero-order valence-corrected chi connectivity index (χ0v) is 17.6. The molecule has 1 saturated heterocycles. The number of rotatable bonds is 5. The monoisotopic (exact) mass is 379 g/mol. The number of thioether (sulfide) groups is 1. The fourth-order valence-corrected chi connectivity index (χ4v) is 5.13. The van der Waals surface area contributed by atoms with E-state index in [1.54, 1.807) is 0 Å². The summed E-state index contributed by atoms with van der Waals surface area (Å²) in [5.74, 6) is 5.75. The highest BCUT2D eigenvalue weighted by molar-refractivity contribution is 7.99. The Balaban J connectivity index is 1.57. The van der Waals surface area contributed by atoms with Crippen molar-refractivity contribution in [2.24, 2.45) is 4.99 Å². The molecule has 2 aliphatic rings. The molecule has 2 unspecified atom stereocenters. The van der Waals surface area contributed by atoms with E-state index in [-0.39, 0.29) is 5.54 Å². The van der Waals surface area contributed by atoms with Crippen molar-refractivity contribution in [3.05, 3.63) is 11.6 Å². The summed E-state index contributed by atoms with van der Waals surface area (Å²) >= 11 is 2.04. The van der Waals surface area contributed by atoms with Crippen LogP contribution in [0.5, 0.6) is 0 Å². The molecule has 7 nitrogen and oxygen atoms in total. The van der Waals surface area contributed by atoms with Gasteiger partial charge in [-0.3, -0.25) is 4.99 Å². The highest BCUT2D eigenvalue weighted by Crippen LogP contribution is 2.31. The molecule has 146 valence electrons. The van der Waals surface area contributed by atoms with Crippen molar-refractivity contribution in [3.63, 3.8) is 0 Å². The molecule has 0 spiro atoms. The Bertz CT molecular complexity index is 631. The Labute approximate surface area is 161 Å². The number of hydrogen-bond acceptors (Lipinski definition) is 5. The number of aryl methyl sites for hydroxylation is 1. The number of guanidine groups is 1. The Morgan fingerprint density at radius 1 is 1.46 bits per heavy atom. The SMILES string of the molecule is CN=C(NCC1(N(C)C)CCSC1)NC1CCc2nc(C(C)C)nn2C1. The minimum atomic E-state index is 0.222. The lowest BCUT2D eigenvalue weighted by molar-refractivity contribution is 0.182. The van der Waals surface area contributed by atoms with Gasteiger partial charge in [0.25, 0.3) is 0 Å². The first kappa shape index (κ1) is 19.5. The van der Waals surface area contributed by atoms with Crippen molar-refractivity contribution < 1.29 is 0 Å². The van der Waals surface area contributed by atoms with Crippen LogP contribution in [0.1, 0.15) is 44.3 Å². The largest absolute Gasteiger partial charge is 0.355 e. The van der Waals surface area contributed by atoms with Gasteiger partial charge in [0.15, 0.2) is 11.8 Å². The predicted molar refractivity (Wildman–Crippen MR) is 109 cm³/mol. The molecule has 8 heteroatoms. The van der Waals surface area contributed by atoms with E-state index in [1.807, 2.05) is 18.8 Å². The molecule has 0 aliphatic carbocycles. The molecule has 3 rings (SSSR count). The van der Waals surface area contributed by atoms with Crippen LogP contribution in [0.25, 0.3) is 0 Å². The lowest BCUT2D eigenvalue weighted by atomic mass is 9.97. The summed E-state index contributed by atoms with van der Waals surface area (Å²) in [5.41, 5.74) is 0.222. The van der Waals surface area contributed by atoms with Crippen LogP contribution < -0.4 is 10.6 Å². The summed E-state index contributed by atoms with van der Waals surface area (Å²) in [6.07, 6.45) is 3.25. The van der Waals surface area contributed by atoms with Crippen molar-refractivity contribution in [3.8, 4) is 0 Å². The first-order valence-electron chi connectivity index (χ1n) is 9.59. The zero-order valence-electron chi connectivity index (χ0n) is 16.7. The van der Waals surface area contributed by atoms with Gasteiger partial charge in [0.05, 0.1) is 6.54 Å². The normalized spacial score (nSPS) is 26.4. The lowest BCUT2D eigenvalue weighted by Crippen LogP contribution is -2.56. The molecule has 2 N–H and O–H groups in total. The third kappa shape index (κ3) is 4.17. The summed E-state index contributed by atoms with van der Waals surface area (Å²) in [6, 6.07) is 0.337. The summed E-state index contributed by atoms with van der Waals surface area (Å²) in [5, 5.41) is 11.8. The quantitative estimate of drug-likeness (QED) is 0.594. The number of fused-ring (bicyclic) bond motifs is 1. The van der Waals surface area contributed by atoms with Gasteiger partial charge in [-0.05, 0) is 32.7 Å². The van der Waals surface area contributed by atoms with Gasteiger partial charge in [-0.15, -0.1) is 0 Å². The third-order valence-corrected chi connectivity index (χ3v) is 6.81. The van der Waals surface area contributed by atoms with Gasteiger partial charge in [0.1, 0.15) is 5.82 Å². The maximum absolute atomic E-state index is 4.67. The van der Waals surface area contributed by atoms with E-state index in [0.717, 1.165) is 43.5 Å². The first-order chi connectivity index (χ1) is 12.4. The van der Waals surface area contributed by atoms with Gasteiger partial charge in [-0.1, -0.05) is 13.8 Å². The van der Waals surface area contributed by atoms with Crippen LogP contribution in [-0.2, 0) is 13.0 Å². The van der Waals surface area contributed by atoms with Crippen LogP contribution in [0.3, 0.4) is 0 Å². The molecular formula is C18H33N7S. The van der Waals surface area contributed by atoms with E-state index in [0.29, 0.717) is 12.0 Å². The number of nitrogens with zero attached hydrogens (tertiary/aromatic N) is 5. The second kappa shape index (κ2) is 8.17. The predicted octanol–water partition coefficient (Wildman–Crippen LogP) is 1.32. The maximum atomic E-state index is 4.67. The van der Waals surface area contributed by atoms with E-state index in [1.165, 1.54) is 17.9 Å². The molecule has 3 heterocycles. The minimum absolute atomic E-state index is 0.222. The second-order valence-corrected chi connectivity index (χ2v) is 9.06. The molecule has 2 aliphatic heterocycles. The van der Waals surface area contributed by atoms with Crippen LogP contribution in [-0.4, -0.2) is 76.4 Å². The number of hydrogen-bond donors (Lipinski definition) is 2. The van der Waals surface area contributed by atoms with Gasteiger partial charge < -0.3 is 15.5 Å². The molecule has 26 heavy (non-hydrogen) atoms. The van der Waals surface area contributed by atoms with E-state index >= 15 is 0 Å². The van der Waals surface area contributed by atoms with Gasteiger partial charge in [-0.25, -0.2) is 9.67 Å². The van der Waals surface area contributed by atoms with E-state index in [9.17, 15) is 0 Å². The Hall–Kier alpha value is -1.28. The maximum Gasteiger partial charge on any atom is 0.191 e. The Morgan fingerprint density at radius 3 is 2.88 bits per heavy atom. The second-order valence-electron chi connectivity index (χ2n) is 7.95. The van der Waals surface area contributed by atoms with Crippen molar-refractivity contribution in [1.82, 2.24) is 30.3 Å². The van der Waals surface area contributed by atoms with Crippen LogP contribution in [0.2, 0.25) is 0 Å². The number of aliphatic imine (C=N–C) groups is 1. The number of likely N-dealkylation sites (N-methyl/N-ethyl adjacent to an activating group) is 1. The van der Waals surface area contributed by atoms with Crippen LogP contribution >= 0.6 is 11.8 Å². The average Bonchev–Trinajstić information content (AvgIpc) is 3.25. The van der Waals surface area contributed by atoms with Crippen molar-refractivity contribution >= 4 is 17.7 Å². The Morgan fingerprint density at radius 2 is 2.27 bits per heavy atom. The first-order valence-corrected chi connectivity index (χ1v) is 10.7. The smallest absolute Gasteiger partial charge is 0.191 e. The average molecular weight is 380 g/mol. The fourth-order valence-electron chi connectivity index (χ4n) is 3.57. The van der Waals surface area contributed by atoms with Gasteiger partial charge in [-0.2, -0.15) is 16.9 Å². The summed E-state index contributed by atoms with van der Waals surface area (Å²) in [6.45, 7) is 6.06. The third-order valence-electron chi connectivity index (χ3n) is 5.57. The summed E-state index contributed by atoms with van der Waals surface area (Å²) in [4.78, 5) is 11.5. The Kier molecular flexibility index (Phi) is 6.12. The van der Waals surface area contributed by atoms with Gasteiger partial charge in [0, 0.05) is 43.3 Å². The lowest BCUT2D eigenvalue weighted by Gasteiger charge is -2.36. The summed E-state index contributed by atoms with van der Waals surface area (Å²) in [7, 11) is 6.22. The molecule has 0 amide bonds. The molecule has 1 aromatic heterocycles. The van der Waals surface area contributed by atoms with Crippen LogP contribution in [0, 0.1) is 0 Å². The minimum Gasteiger partial charge on any atom is -0.355 e. The molecular weight excluding hydrogens is 346 g/mol. The zero-order chi connectivity index (χ0) is 18.7. The van der Waals surface area contributed by atoms with Gasteiger partial charge in [0.2, 0.25) is 0 Å². The van der Waals surface area contributed by atoms with Crippen molar-refractivity contribution in [1.29, 1.82) is 0 Å². The molecule has 0 radical (unpaired) electrons. The standard InChI is InChI=1S/C18H33N7S/c1-13(2)16-22-15-7-6-14(10-25(15)23-16)21-17(19-3)20-11-18(24(4)5)8-9-26-12-18/h13-14H,6-12H2,1-5H3,(H2,19,20,21). The van der Waals surface area contributed by atoms with Crippen LogP contribution in [0.4, 0.5) is 0 Å².